The van der Waals surface area contributed by atoms with Gasteiger partial charge in [0, 0.05) is 46.0 Å². The third-order valence-corrected chi connectivity index (χ3v) is 20.5. The molecule has 82 heavy (non-hydrogen) atoms. The lowest BCUT2D eigenvalue weighted by Crippen LogP contribution is -2.33. The highest BCUT2D eigenvalue weighted by Crippen LogP contribution is 2.67. The Kier molecular flexibility index (Phi) is 10.00. The van der Waals surface area contributed by atoms with Crippen LogP contribution in [0.3, 0.4) is 0 Å². The van der Waals surface area contributed by atoms with E-state index in [1.807, 2.05) is 0 Å². The number of allylic oxidation sites excluding steroid dienone is 12. The monoisotopic (exact) mass is 1050 g/mol. The lowest BCUT2D eigenvalue weighted by Gasteiger charge is -2.37. The van der Waals surface area contributed by atoms with Crippen LogP contribution in [-0.4, -0.2) is 0 Å². The number of hydrogen-bond acceptors (Lipinski definition) is 2. The van der Waals surface area contributed by atoms with Gasteiger partial charge in [-0.05, 0) is 211 Å². The fourth-order valence-corrected chi connectivity index (χ4v) is 17.1. The molecule has 9 aromatic carbocycles. The molecule has 9 aliphatic rings. The Bertz CT molecular complexity index is 4460. The van der Waals surface area contributed by atoms with Crippen molar-refractivity contribution in [3.8, 4) is 33.4 Å². The van der Waals surface area contributed by atoms with Gasteiger partial charge in [0.1, 0.15) is 0 Å². The zero-order valence-corrected chi connectivity index (χ0v) is 46.0. The summed E-state index contributed by atoms with van der Waals surface area (Å²) in [5.41, 5.74) is 34.6. The average Bonchev–Trinajstić information content (AvgIpc) is 1.73. The van der Waals surface area contributed by atoms with Crippen molar-refractivity contribution in [2.75, 3.05) is 9.80 Å². The van der Waals surface area contributed by atoms with Gasteiger partial charge in [-0.3, -0.25) is 0 Å². The molecular weight excluding hydrogens is 989 g/mol. The van der Waals surface area contributed by atoms with Gasteiger partial charge in [-0.15, -0.1) is 0 Å². The van der Waals surface area contributed by atoms with Crippen LogP contribution in [0.1, 0.15) is 111 Å². The van der Waals surface area contributed by atoms with E-state index in [9.17, 15) is 0 Å². The maximum absolute atomic E-state index is 2.64. The molecule has 3 atom stereocenters. The van der Waals surface area contributed by atoms with Crippen LogP contribution < -0.4 is 9.80 Å². The standard InChI is InChI=1S/C80H60N2/c1-13-29-75-53(17-1)37-38-54-18-2-14-30-76(54)81(75)57-41-45-65-63-43-35-51(47-71(63)79(73(65)49-57)67-25-9-5-21-59(67)60-22-6-10-26-68(60)79)33-34-52-36-44-64-66-46-42-58(82-77-31-15-3-19-55(77)39-40-56-20-4-16-32-78(56)82)50-74(66)80(72(64)48-52)69-27-11-7-23-61(69)62-24-8-12-28-70(62)80/h1-13,15,17-29,31,33-36,41-50,59,67H,14,16,30,32,37-40H2/b34-33+. The SMILES string of the molecule is C1=CC2c3ccccc3C3(c4cc(/C=C/c5ccc6c(c5)C5(c7ccccc7-c7ccccc75)c5cc(N7C8=C(C=CCC8)CCc8ccccc87)ccc5-6)ccc4-c4ccc(N5C6=C(C=CCC6)CCc6ccccc65)cc43)C2C=C1. The normalized spacial score (nSPS) is 21.0. The summed E-state index contributed by atoms with van der Waals surface area (Å²) < 4.78 is 0. The summed E-state index contributed by atoms with van der Waals surface area (Å²) in [6, 6.07) is 75.8. The third kappa shape index (κ3) is 6.30. The van der Waals surface area contributed by atoms with Crippen molar-refractivity contribution in [2.45, 2.75) is 68.1 Å². The van der Waals surface area contributed by atoms with E-state index < -0.39 is 5.41 Å². The molecule has 0 N–H and O–H groups in total. The van der Waals surface area contributed by atoms with E-state index in [0.717, 1.165) is 51.4 Å². The first-order valence-electron chi connectivity index (χ1n) is 30.1. The lowest BCUT2D eigenvalue weighted by molar-refractivity contribution is 0.465. The van der Waals surface area contributed by atoms with Crippen LogP contribution >= 0.6 is 0 Å². The third-order valence-electron chi connectivity index (χ3n) is 20.5. The molecule has 0 aromatic heterocycles. The summed E-state index contributed by atoms with van der Waals surface area (Å²) in [5.74, 6) is 0.510. The molecule has 390 valence electrons. The molecule has 0 saturated carbocycles. The number of rotatable bonds is 4. The molecular formula is C80H60N2. The molecule has 2 aliphatic heterocycles. The van der Waals surface area contributed by atoms with Gasteiger partial charge in [-0.1, -0.05) is 206 Å². The Balaban J connectivity index is 0.788. The van der Waals surface area contributed by atoms with E-state index >= 15 is 0 Å². The van der Waals surface area contributed by atoms with E-state index in [1.54, 1.807) is 0 Å². The summed E-state index contributed by atoms with van der Waals surface area (Å²) in [6.07, 6.45) is 32.4. The first-order chi connectivity index (χ1) is 40.7. The van der Waals surface area contributed by atoms with Crippen molar-refractivity contribution >= 4 is 34.9 Å². The van der Waals surface area contributed by atoms with Gasteiger partial charge in [0.2, 0.25) is 0 Å². The minimum Gasteiger partial charge on any atom is -0.314 e. The molecule has 0 bridgehead atoms. The minimum absolute atomic E-state index is 0.229. The van der Waals surface area contributed by atoms with E-state index in [4.69, 9.17) is 0 Å². The molecule has 0 fully saturated rings. The number of para-hydroxylation sites is 2. The summed E-state index contributed by atoms with van der Waals surface area (Å²) in [6.45, 7) is 0. The molecule has 2 heterocycles. The van der Waals surface area contributed by atoms with Crippen LogP contribution in [0.5, 0.6) is 0 Å². The van der Waals surface area contributed by atoms with Crippen molar-refractivity contribution in [3.05, 3.63) is 332 Å². The quantitative estimate of drug-likeness (QED) is 0.162. The first-order valence-corrected chi connectivity index (χ1v) is 30.1. The van der Waals surface area contributed by atoms with Crippen molar-refractivity contribution in [1.29, 1.82) is 0 Å². The summed E-state index contributed by atoms with van der Waals surface area (Å²) >= 11 is 0. The van der Waals surface area contributed by atoms with Crippen LogP contribution in [-0.2, 0) is 23.7 Å². The van der Waals surface area contributed by atoms with Crippen molar-refractivity contribution < 1.29 is 0 Å². The number of nitrogens with zero attached hydrogens (tertiary/aromatic N) is 2. The Hall–Kier alpha value is -9.24. The highest BCUT2D eigenvalue weighted by molar-refractivity contribution is 5.97. The fourth-order valence-electron chi connectivity index (χ4n) is 17.1. The van der Waals surface area contributed by atoms with Gasteiger partial charge in [0.15, 0.2) is 0 Å². The number of aryl methyl sites for hydroxylation is 2. The van der Waals surface area contributed by atoms with Crippen LogP contribution in [0, 0.1) is 5.92 Å². The van der Waals surface area contributed by atoms with Crippen molar-refractivity contribution in [1.82, 2.24) is 0 Å². The molecule has 2 spiro atoms. The number of fused-ring (bicyclic) bond motifs is 22. The topological polar surface area (TPSA) is 6.48 Å². The molecule has 9 aromatic rings. The molecule has 0 saturated heterocycles. The molecule has 2 nitrogen and oxygen atoms in total. The maximum atomic E-state index is 2.64. The fraction of sp³-hybridized carbons (Fsp3) is 0.150. The van der Waals surface area contributed by atoms with Gasteiger partial charge in [0.25, 0.3) is 0 Å². The van der Waals surface area contributed by atoms with Crippen LogP contribution in [0.2, 0.25) is 0 Å². The number of anilines is 4. The molecule has 2 heteroatoms. The molecule has 3 unspecified atom stereocenters. The van der Waals surface area contributed by atoms with Crippen LogP contribution in [0.25, 0.3) is 45.5 Å². The van der Waals surface area contributed by atoms with Gasteiger partial charge >= 0.3 is 0 Å². The van der Waals surface area contributed by atoms with E-state index in [-0.39, 0.29) is 17.3 Å². The Labute approximate surface area is 481 Å². The zero-order chi connectivity index (χ0) is 53.7. The van der Waals surface area contributed by atoms with Gasteiger partial charge in [-0.25, -0.2) is 0 Å². The second-order valence-corrected chi connectivity index (χ2v) is 24.2. The van der Waals surface area contributed by atoms with Gasteiger partial charge in [-0.2, -0.15) is 0 Å². The molecule has 7 aliphatic carbocycles. The van der Waals surface area contributed by atoms with E-state index in [0.29, 0.717) is 0 Å². The van der Waals surface area contributed by atoms with Crippen molar-refractivity contribution in [3.63, 3.8) is 0 Å². The first kappa shape index (κ1) is 46.5. The largest absolute Gasteiger partial charge is 0.314 e. The summed E-state index contributed by atoms with van der Waals surface area (Å²) in [7, 11) is 0. The second kappa shape index (κ2) is 17.6. The summed E-state index contributed by atoms with van der Waals surface area (Å²) in [5, 5.41) is 0. The molecule has 0 radical (unpaired) electrons. The van der Waals surface area contributed by atoms with Gasteiger partial charge in [0.05, 0.1) is 10.8 Å². The lowest BCUT2D eigenvalue weighted by atomic mass is 9.65. The number of hydrogen-bond donors (Lipinski definition) is 0. The second-order valence-electron chi connectivity index (χ2n) is 24.2. The van der Waals surface area contributed by atoms with Crippen LogP contribution in [0.15, 0.2) is 265 Å². The average molecular weight is 1050 g/mol. The van der Waals surface area contributed by atoms with E-state index in [2.05, 4.69) is 265 Å². The zero-order valence-electron chi connectivity index (χ0n) is 46.0. The smallest absolute Gasteiger partial charge is 0.0726 e. The van der Waals surface area contributed by atoms with Gasteiger partial charge < -0.3 is 9.80 Å². The van der Waals surface area contributed by atoms with Crippen molar-refractivity contribution in [2.24, 2.45) is 5.92 Å². The predicted octanol–water partition coefficient (Wildman–Crippen LogP) is 19.7. The molecule has 0 amide bonds. The highest BCUT2D eigenvalue weighted by Gasteiger charge is 2.57. The van der Waals surface area contributed by atoms with E-state index in [1.165, 1.54) is 145 Å². The Morgan fingerprint density at radius 3 is 1.46 bits per heavy atom. The minimum atomic E-state index is -0.493. The summed E-state index contributed by atoms with van der Waals surface area (Å²) in [4.78, 5) is 5.26. The maximum Gasteiger partial charge on any atom is 0.0726 e. The predicted molar refractivity (Wildman–Crippen MR) is 339 cm³/mol. The Morgan fingerprint density at radius 2 is 0.841 bits per heavy atom. The van der Waals surface area contributed by atoms with Crippen LogP contribution in [0.4, 0.5) is 22.7 Å². The number of benzene rings is 9. The Morgan fingerprint density at radius 1 is 0.378 bits per heavy atom. The highest BCUT2D eigenvalue weighted by atomic mass is 15.2. The molecule has 18 rings (SSSR count).